The summed E-state index contributed by atoms with van der Waals surface area (Å²) in [5.74, 6) is 0.753. The van der Waals surface area contributed by atoms with E-state index in [-0.39, 0.29) is 0 Å². The van der Waals surface area contributed by atoms with Crippen LogP contribution in [-0.2, 0) is 6.54 Å². The Kier molecular flexibility index (Phi) is 4.23. The second-order valence-electron chi connectivity index (χ2n) is 3.97. The predicted molar refractivity (Wildman–Crippen MR) is 72.8 cm³/mol. The summed E-state index contributed by atoms with van der Waals surface area (Å²) in [5, 5.41) is 18.0. The van der Waals surface area contributed by atoms with Gasteiger partial charge < -0.3 is 10.4 Å². The van der Waals surface area contributed by atoms with Crippen molar-refractivity contribution in [3.8, 4) is 0 Å². The van der Waals surface area contributed by atoms with Crippen molar-refractivity contribution in [2.45, 2.75) is 19.6 Å². The van der Waals surface area contributed by atoms with Crippen molar-refractivity contribution in [2.24, 2.45) is 0 Å². The largest absolute Gasteiger partial charge is 0.387 e. The summed E-state index contributed by atoms with van der Waals surface area (Å²) >= 11 is 6.02. The Labute approximate surface area is 111 Å². The molecule has 1 atom stereocenters. The molecule has 1 unspecified atom stereocenters. The van der Waals surface area contributed by atoms with Crippen molar-refractivity contribution in [3.63, 3.8) is 0 Å². The molecule has 5 heteroatoms. The molecule has 4 nitrogen and oxygen atoms in total. The first-order chi connectivity index (χ1) is 8.70. The molecule has 0 aliphatic heterocycles. The first-order valence-electron chi connectivity index (χ1n) is 5.90. The Morgan fingerprint density at radius 1 is 1.39 bits per heavy atom. The summed E-state index contributed by atoms with van der Waals surface area (Å²) in [6.07, 6.45) is 1.25. The minimum Gasteiger partial charge on any atom is -0.387 e. The van der Waals surface area contributed by atoms with Crippen LogP contribution in [0.3, 0.4) is 0 Å². The standard InChI is InChI=1S/C13H16ClN3O/c1-2-17-8-7-13(16-17)15-9-12(18)10-5-3-4-6-11(10)14/h3-8,12,18H,2,9H2,1H3,(H,15,16). The fourth-order valence-corrected chi connectivity index (χ4v) is 1.95. The summed E-state index contributed by atoms with van der Waals surface area (Å²) in [6, 6.07) is 9.17. The molecule has 0 aliphatic carbocycles. The minimum atomic E-state index is -0.648. The number of hydrogen-bond donors (Lipinski definition) is 2. The Morgan fingerprint density at radius 3 is 2.83 bits per heavy atom. The first-order valence-corrected chi connectivity index (χ1v) is 6.28. The lowest BCUT2D eigenvalue weighted by Crippen LogP contribution is -2.13. The van der Waals surface area contributed by atoms with Gasteiger partial charge >= 0.3 is 0 Å². The van der Waals surface area contributed by atoms with Gasteiger partial charge in [0.2, 0.25) is 0 Å². The maximum absolute atomic E-state index is 10.0. The van der Waals surface area contributed by atoms with Crippen molar-refractivity contribution >= 4 is 17.4 Å². The third-order valence-corrected chi connectivity index (χ3v) is 3.05. The molecule has 2 aromatic rings. The van der Waals surface area contributed by atoms with E-state index in [0.29, 0.717) is 11.6 Å². The van der Waals surface area contributed by atoms with Gasteiger partial charge in [0, 0.05) is 35.9 Å². The Morgan fingerprint density at radius 2 is 2.17 bits per heavy atom. The number of aromatic nitrogens is 2. The number of aliphatic hydroxyl groups is 1. The second kappa shape index (κ2) is 5.89. The van der Waals surface area contributed by atoms with Crippen LogP contribution in [0.5, 0.6) is 0 Å². The van der Waals surface area contributed by atoms with Gasteiger partial charge in [0.25, 0.3) is 0 Å². The number of anilines is 1. The molecule has 2 N–H and O–H groups in total. The lowest BCUT2D eigenvalue weighted by Gasteiger charge is -2.13. The number of aryl methyl sites for hydroxylation is 1. The number of halogens is 1. The molecule has 0 spiro atoms. The Bertz CT molecular complexity index is 512. The van der Waals surface area contributed by atoms with E-state index in [0.717, 1.165) is 17.9 Å². The lowest BCUT2D eigenvalue weighted by atomic mass is 10.1. The fraction of sp³-hybridized carbons (Fsp3) is 0.308. The van der Waals surface area contributed by atoms with Crippen molar-refractivity contribution in [3.05, 3.63) is 47.1 Å². The number of rotatable bonds is 5. The van der Waals surface area contributed by atoms with E-state index < -0.39 is 6.10 Å². The van der Waals surface area contributed by atoms with Gasteiger partial charge in [-0.25, -0.2) is 0 Å². The van der Waals surface area contributed by atoms with Gasteiger partial charge in [-0.15, -0.1) is 0 Å². The quantitative estimate of drug-likeness (QED) is 0.874. The van der Waals surface area contributed by atoms with Gasteiger partial charge in [-0.05, 0) is 13.0 Å². The monoisotopic (exact) mass is 265 g/mol. The number of benzene rings is 1. The molecule has 0 fully saturated rings. The van der Waals surface area contributed by atoms with Crippen LogP contribution in [0.1, 0.15) is 18.6 Å². The average molecular weight is 266 g/mol. The van der Waals surface area contributed by atoms with E-state index in [1.54, 1.807) is 6.07 Å². The van der Waals surface area contributed by atoms with Crippen LogP contribution in [0.2, 0.25) is 5.02 Å². The van der Waals surface area contributed by atoms with Crippen LogP contribution in [0, 0.1) is 0 Å². The Hall–Kier alpha value is -1.52. The molecule has 0 radical (unpaired) electrons. The Balaban J connectivity index is 1.96. The highest BCUT2D eigenvalue weighted by molar-refractivity contribution is 6.31. The fourth-order valence-electron chi connectivity index (χ4n) is 1.69. The van der Waals surface area contributed by atoms with Gasteiger partial charge in [0.15, 0.2) is 0 Å². The molecule has 0 saturated heterocycles. The topological polar surface area (TPSA) is 50.1 Å². The van der Waals surface area contributed by atoms with E-state index in [4.69, 9.17) is 11.6 Å². The lowest BCUT2D eigenvalue weighted by molar-refractivity contribution is 0.191. The van der Waals surface area contributed by atoms with Crippen molar-refractivity contribution in [2.75, 3.05) is 11.9 Å². The zero-order chi connectivity index (χ0) is 13.0. The van der Waals surface area contributed by atoms with E-state index in [2.05, 4.69) is 10.4 Å². The molecule has 1 heterocycles. The normalized spacial score (nSPS) is 12.4. The van der Waals surface area contributed by atoms with Crippen molar-refractivity contribution in [1.29, 1.82) is 0 Å². The van der Waals surface area contributed by atoms with E-state index >= 15 is 0 Å². The van der Waals surface area contributed by atoms with Gasteiger partial charge in [-0.1, -0.05) is 29.8 Å². The number of hydrogen-bond acceptors (Lipinski definition) is 3. The van der Waals surface area contributed by atoms with Crippen molar-refractivity contribution < 1.29 is 5.11 Å². The highest BCUT2D eigenvalue weighted by Crippen LogP contribution is 2.22. The van der Waals surface area contributed by atoms with Crippen molar-refractivity contribution in [1.82, 2.24) is 9.78 Å². The summed E-state index contributed by atoms with van der Waals surface area (Å²) < 4.78 is 1.82. The molecule has 0 amide bonds. The maximum atomic E-state index is 10.0. The van der Waals surface area contributed by atoms with Gasteiger partial charge in [-0.3, -0.25) is 4.68 Å². The van der Waals surface area contributed by atoms with E-state index in [9.17, 15) is 5.11 Å². The summed E-state index contributed by atoms with van der Waals surface area (Å²) in [6.45, 7) is 3.23. The SMILES string of the molecule is CCn1ccc(NCC(O)c2ccccc2Cl)n1. The molecular formula is C13H16ClN3O. The van der Waals surface area contributed by atoms with Gasteiger partial charge in [0.05, 0.1) is 6.10 Å². The molecule has 2 rings (SSSR count). The number of aliphatic hydroxyl groups excluding tert-OH is 1. The van der Waals surface area contributed by atoms with Crippen LogP contribution < -0.4 is 5.32 Å². The second-order valence-corrected chi connectivity index (χ2v) is 4.38. The summed E-state index contributed by atoms with van der Waals surface area (Å²) in [4.78, 5) is 0. The predicted octanol–water partition coefficient (Wildman–Crippen LogP) is 2.70. The van der Waals surface area contributed by atoms with Gasteiger partial charge in [0.1, 0.15) is 5.82 Å². The molecular weight excluding hydrogens is 250 g/mol. The molecule has 0 aliphatic rings. The summed E-state index contributed by atoms with van der Waals surface area (Å²) in [7, 11) is 0. The van der Waals surface area contributed by atoms with Crippen LogP contribution in [0.25, 0.3) is 0 Å². The van der Waals surface area contributed by atoms with Crippen LogP contribution >= 0.6 is 11.6 Å². The smallest absolute Gasteiger partial charge is 0.148 e. The highest BCUT2D eigenvalue weighted by atomic mass is 35.5. The molecule has 18 heavy (non-hydrogen) atoms. The number of nitrogens with zero attached hydrogens (tertiary/aromatic N) is 2. The third-order valence-electron chi connectivity index (χ3n) is 2.71. The van der Waals surface area contributed by atoms with Gasteiger partial charge in [-0.2, -0.15) is 5.10 Å². The third kappa shape index (κ3) is 3.03. The molecule has 1 aromatic carbocycles. The minimum absolute atomic E-state index is 0.379. The first kappa shape index (κ1) is 12.9. The van der Waals surface area contributed by atoms with Crippen LogP contribution in [-0.4, -0.2) is 21.4 Å². The zero-order valence-electron chi connectivity index (χ0n) is 10.2. The zero-order valence-corrected chi connectivity index (χ0v) is 10.9. The highest BCUT2D eigenvalue weighted by Gasteiger charge is 2.11. The van der Waals surface area contributed by atoms with E-state index in [1.807, 2.05) is 42.1 Å². The van der Waals surface area contributed by atoms with E-state index in [1.165, 1.54) is 0 Å². The van der Waals surface area contributed by atoms with Crippen LogP contribution in [0.15, 0.2) is 36.5 Å². The maximum Gasteiger partial charge on any atom is 0.148 e. The summed E-state index contributed by atoms with van der Waals surface area (Å²) in [5.41, 5.74) is 0.724. The average Bonchev–Trinajstić information content (AvgIpc) is 2.84. The van der Waals surface area contributed by atoms with Crippen LogP contribution in [0.4, 0.5) is 5.82 Å². The molecule has 96 valence electrons. The molecule has 1 aromatic heterocycles. The molecule has 0 bridgehead atoms. The molecule has 0 saturated carbocycles. The number of nitrogens with one attached hydrogen (secondary N) is 1.